The average Bonchev–Trinajstić information content (AvgIpc) is 2.29. The Morgan fingerprint density at radius 1 is 1.47 bits per heavy atom. The van der Waals surface area contributed by atoms with Crippen LogP contribution in [-0.4, -0.2) is 25.0 Å². The molecule has 0 aliphatic heterocycles. The number of esters is 1. The van der Waals surface area contributed by atoms with Gasteiger partial charge in [0.05, 0.1) is 12.7 Å². The maximum absolute atomic E-state index is 11.5. The van der Waals surface area contributed by atoms with Crippen molar-refractivity contribution >= 4 is 5.97 Å². The summed E-state index contributed by atoms with van der Waals surface area (Å²) in [6.45, 7) is 3.64. The fourth-order valence-corrected chi connectivity index (χ4v) is 1.29. The normalized spacial score (nSPS) is 13.5. The fraction of sp³-hybridized carbons (Fsp3) is 0.417. The van der Waals surface area contributed by atoms with E-state index < -0.39 is 5.97 Å². The molecular weight excluding hydrogens is 218 g/mol. The summed E-state index contributed by atoms with van der Waals surface area (Å²) in [5.74, 6) is -0.443. The highest BCUT2D eigenvalue weighted by atomic mass is 16.5. The number of carbonyl (C=O) groups is 1. The maximum Gasteiger partial charge on any atom is 0.339 e. The van der Waals surface area contributed by atoms with Crippen molar-refractivity contribution < 1.29 is 9.53 Å². The quantitative estimate of drug-likeness (QED) is 0.426. The lowest BCUT2D eigenvalue weighted by Gasteiger charge is -2.17. The molecule has 5 heteroatoms. The van der Waals surface area contributed by atoms with Gasteiger partial charge in [0, 0.05) is 30.8 Å². The summed E-state index contributed by atoms with van der Waals surface area (Å²) in [5, 5.41) is 0. The van der Waals surface area contributed by atoms with E-state index in [1.807, 2.05) is 18.9 Å². The minimum atomic E-state index is -0.443. The Kier molecular flexibility index (Phi) is 6.55. The number of nitrogens with zero attached hydrogens (tertiary/aromatic N) is 1. The lowest BCUT2D eigenvalue weighted by Crippen LogP contribution is -2.14. The van der Waals surface area contributed by atoms with E-state index in [1.54, 1.807) is 19.2 Å². The Labute approximate surface area is 102 Å². The van der Waals surface area contributed by atoms with Crippen molar-refractivity contribution in [1.82, 2.24) is 4.90 Å². The minimum Gasteiger partial charge on any atom is -0.465 e. The lowest BCUT2D eigenvalue weighted by molar-refractivity contribution is -0.135. The van der Waals surface area contributed by atoms with Crippen LogP contribution in [0.1, 0.15) is 20.3 Å². The van der Waals surface area contributed by atoms with Crippen molar-refractivity contribution in [3.8, 4) is 0 Å². The second-order valence-electron chi connectivity index (χ2n) is 3.53. The number of rotatable bonds is 5. The molecule has 0 saturated heterocycles. The molecular formula is C12H21N3O2. The van der Waals surface area contributed by atoms with Crippen molar-refractivity contribution in [3.05, 3.63) is 35.4 Å². The number of hydrogen-bond acceptors (Lipinski definition) is 5. The molecule has 0 bridgehead atoms. The van der Waals surface area contributed by atoms with Crippen LogP contribution in [0.25, 0.3) is 0 Å². The van der Waals surface area contributed by atoms with Crippen LogP contribution < -0.4 is 11.5 Å². The third kappa shape index (κ3) is 4.63. The largest absolute Gasteiger partial charge is 0.465 e. The predicted molar refractivity (Wildman–Crippen MR) is 68.4 cm³/mol. The van der Waals surface area contributed by atoms with Crippen molar-refractivity contribution in [2.75, 3.05) is 14.2 Å². The second-order valence-corrected chi connectivity index (χ2v) is 3.53. The molecule has 0 aliphatic carbocycles. The summed E-state index contributed by atoms with van der Waals surface area (Å²) in [4.78, 5) is 13.3. The van der Waals surface area contributed by atoms with Crippen molar-refractivity contribution in [2.45, 2.75) is 20.3 Å². The zero-order valence-corrected chi connectivity index (χ0v) is 10.9. The molecule has 0 aromatic rings. The smallest absolute Gasteiger partial charge is 0.339 e. The van der Waals surface area contributed by atoms with Gasteiger partial charge < -0.3 is 21.1 Å². The Balaban J connectivity index is 5.29. The Morgan fingerprint density at radius 3 is 2.41 bits per heavy atom. The number of carbonyl (C=O) groups excluding carboxylic acids is 1. The Bertz CT molecular complexity index is 353. The number of methoxy groups -OCH3 is 1. The summed E-state index contributed by atoms with van der Waals surface area (Å²) in [5.41, 5.74) is 12.7. The van der Waals surface area contributed by atoms with E-state index in [9.17, 15) is 4.79 Å². The number of nitrogens with two attached hydrogens (primary N) is 2. The van der Waals surface area contributed by atoms with E-state index in [1.165, 1.54) is 13.3 Å². The highest BCUT2D eigenvalue weighted by Crippen LogP contribution is 2.13. The van der Waals surface area contributed by atoms with Crippen LogP contribution in [0.15, 0.2) is 35.4 Å². The molecule has 17 heavy (non-hydrogen) atoms. The van der Waals surface area contributed by atoms with Crippen LogP contribution in [0.2, 0.25) is 0 Å². The lowest BCUT2D eigenvalue weighted by atomic mass is 10.1. The van der Waals surface area contributed by atoms with Gasteiger partial charge in [-0.05, 0) is 19.4 Å². The molecule has 0 saturated carbocycles. The predicted octanol–water partition coefficient (Wildman–Crippen LogP) is 1.05. The minimum absolute atomic E-state index is 0.363. The first-order valence-electron chi connectivity index (χ1n) is 5.34. The Morgan fingerprint density at radius 2 is 2.06 bits per heavy atom. The highest BCUT2D eigenvalue weighted by Gasteiger charge is 2.11. The van der Waals surface area contributed by atoms with Gasteiger partial charge in [-0.3, -0.25) is 0 Å². The van der Waals surface area contributed by atoms with Gasteiger partial charge in [-0.2, -0.15) is 0 Å². The van der Waals surface area contributed by atoms with Gasteiger partial charge in [-0.1, -0.05) is 6.92 Å². The molecule has 5 nitrogen and oxygen atoms in total. The monoisotopic (exact) mass is 239 g/mol. The molecule has 0 amide bonds. The fourth-order valence-electron chi connectivity index (χ4n) is 1.29. The van der Waals surface area contributed by atoms with Crippen LogP contribution in [0.5, 0.6) is 0 Å². The van der Waals surface area contributed by atoms with E-state index in [0.717, 1.165) is 12.1 Å². The van der Waals surface area contributed by atoms with Crippen LogP contribution in [0, 0.1) is 0 Å². The molecule has 0 spiro atoms. The SMILES string of the molecule is CC/C(=C\C(C(=O)OC)=C(/C)N)N(C)/C=C\N. The first-order valence-corrected chi connectivity index (χ1v) is 5.34. The zero-order valence-electron chi connectivity index (χ0n) is 10.9. The van der Waals surface area contributed by atoms with Gasteiger partial charge in [0.15, 0.2) is 0 Å². The topological polar surface area (TPSA) is 81.6 Å². The molecule has 0 unspecified atom stereocenters. The van der Waals surface area contributed by atoms with E-state index in [2.05, 4.69) is 4.74 Å². The molecule has 0 aromatic heterocycles. The molecule has 96 valence electrons. The third-order valence-electron chi connectivity index (χ3n) is 2.27. The Hall–Kier alpha value is -1.91. The molecule has 0 heterocycles. The molecule has 0 aromatic carbocycles. The average molecular weight is 239 g/mol. The van der Waals surface area contributed by atoms with Gasteiger partial charge in [0.25, 0.3) is 0 Å². The first-order chi connectivity index (χ1) is 7.97. The molecule has 4 N–H and O–H groups in total. The summed E-state index contributed by atoms with van der Waals surface area (Å²) < 4.78 is 4.68. The molecule has 0 aliphatic rings. The summed E-state index contributed by atoms with van der Waals surface area (Å²) in [6.07, 6.45) is 5.59. The number of hydrogen-bond donors (Lipinski definition) is 2. The van der Waals surface area contributed by atoms with Gasteiger partial charge in [-0.15, -0.1) is 0 Å². The van der Waals surface area contributed by atoms with Crippen molar-refractivity contribution in [1.29, 1.82) is 0 Å². The van der Waals surface area contributed by atoms with Crippen LogP contribution >= 0.6 is 0 Å². The van der Waals surface area contributed by atoms with E-state index in [4.69, 9.17) is 11.5 Å². The van der Waals surface area contributed by atoms with Crippen LogP contribution in [0.3, 0.4) is 0 Å². The molecule has 0 radical (unpaired) electrons. The first kappa shape index (κ1) is 15.1. The molecule has 0 fully saturated rings. The number of allylic oxidation sites excluding steroid dienone is 2. The van der Waals surface area contributed by atoms with E-state index >= 15 is 0 Å². The third-order valence-corrected chi connectivity index (χ3v) is 2.27. The van der Waals surface area contributed by atoms with E-state index in [0.29, 0.717) is 11.3 Å². The van der Waals surface area contributed by atoms with Crippen LogP contribution in [0.4, 0.5) is 0 Å². The molecule has 0 atom stereocenters. The standard InChI is InChI=1S/C12H21N3O2/c1-5-10(15(3)7-6-13)8-11(9(2)14)12(16)17-4/h6-8H,5,13-14H2,1-4H3/b7-6-,10-8+,11-9-. The van der Waals surface area contributed by atoms with Gasteiger partial charge >= 0.3 is 5.97 Å². The number of ether oxygens (including phenoxy) is 1. The zero-order chi connectivity index (χ0) is 13.4. The molecule has 0 rings (SSSR count). The maximum atomic E-state index is 11.5. The van der Waals surface area contributed by atoms with Crippen molar-refractivity contribution in [2.24, 2.45) is 11.5 Å². The van der Waals surface area contributed by atoms with E-state index in [-0.39, 0.29) is 0 Å². The van der Waals surface area contributed by atoms with Gasteiger partial charge in [-0.25, -0.2) is 4.79 Å². The highest BCUT2D eigenvalue weighted by molar-refractivity contribution is 5.92. The second kappa shape index (κ2) is 7.38. The van der Waals surface area contributed by atoms with Crippen molar-refractivity contribution in [3.63, 3.8) is 0 Å². The summed E-state index contributed by atoms with van der Waals surface area (Å²) in [6, 6.07) is 0. The summed E-state index contributed by atoms with van der Waals surface area (Å²) >= 11 is 0. The van der Waals surface area contributed by atoms with Gasteiger partial charge in [0.2, 0.25) is 0 Å². The van der Waals surface area contributed by atoms with Gasteiger partial charge in [0.1, 0.15) is 0 Å². The van der Waals surface area contributed by atoms with Crippen LogP contribution in [-0.2, 0) is 9.53 Å². The summed E-state index contributed by atoms with van der Waals surface area (Å²) in [7, 11) is 3.17.